The lowest BCUT2D eigenvalue weighted by Gasteiger charge is -2.19. The summed E-state index contributed by atoms with van der Waals surface area (Å²) in [6, 6.07) is 16.4. The Labute approximate surface area is 175 Å². The number of sulfonamides is 1. The standard InChI is InChI=1S/C22H22FN3O3S/c1-3-26(4-2)30(28,29)20-14-17(10-12-19(20)23)22(27)25-21-13-11-18(15-24-21)16-8-6-5-7-9-16/h5-15H,3-4H2,1-2H3,(H,24,25,27). The fourth-order valence-electron chi connectivity index (χ4n) is 3.00. The highest BCUT2D eigenvalue weighted by atomic mass is 32.2. The van der Waals surface area contributed by atoms with Gasteiger partial charge in [-0.3, -0.25) is 4.79 Å². The summed E-state index contributed by atoms with van der Waals surface area (Å²) in [5.41, 5.74) is 1.91. The lowest BCUT2D eigenvalue weighted by Crippen LogP contribution is -2.31. The maximum absolute atomic E-state index is 14.2. The van der Waals surface area contributed by atoms with Crippen molar-refractivity contribution in [2.75, 3.05) is 18.4 Å². The number of anilines is 1. The van der Waals surface area contributed by atoms with Gasteiger partial charge in [-0.25, -0.2) is 17.8 Å². The second kappa shape index (κ2) is 9.15. The molecule has 1 aromatic heterocycles. The minimum atomic E-state index is -4.03. The number of halogens is 1. The molecule has 8 heteroatoms. The molecule has 0 atom stereocenters. The van der Waals surface area contributed by atoms with Crippen LogP contribution >= 0.6 is 0 Å². The molecular formula is C22H22FN3O3S. The molecule has 1 heterocycles. The van der Waals surface area contributed by atoms with Crippen LogP contribution < -0.4 is 5.32 Å². The molecule has 0 fully saturated rings. The second-order valence-corrected chi connectivity index (χ2v) is 8.39. The Kier molecular flexibility index (Phi) is 6.59. The summed E-state index contributed by atoms with van der Waals surface area (Å²) < 4.78 is 40.7. The Morgan fingerprint density at radius 2 is 1.70 bits per heavy atom. The molecule has 1 N–H and O–H groups in total. The van der Waals surface area contributed by atoms with Crippen LogP contribution in [0.4, 0.5) is 10.2 Å². The predicted molar refractivity (Wildman–Crippen MR) is 114 cm³/mol. The van der Waals surface area contributed by atoms with Gasteiger partial charge in [-0.2, -0.15) is 4.31 Å². The Balaban J connectivity index is 1.82. The highest BCUT2D eigenvalue weighted by Gasteiger charge is 2.26. The Morgan fingerprint density at radius 3 is 2.30 bits per heavy atom. The van der Waals surface area contributed by atoms with Gasteiger partial charge in [0.25, 0.3) is 5.91 Å². The average molecular weight is 428 g/mol. The summed E-state index contributed by atoms with van der Waals surface area (Å²) in [4.78, 5) is 16.3. The highest BCUT2D eigenvalue weighted by molar-refractivity contribution is 7.89. The SMILES string of the molecule is CCN(CC)S(=O)(=O)c1cc(C(=O)Nc2ccc(-c3ccccc3)cn2)ccc1F. The maximum Gasteiger partial charge on any atom is 0.256 e. The number of carbonyl (C=O) groups excluding carboxylic acids is 1. The number of pyridine rings is 1. The molecule has 0 spiro atoms. The minimum Gasteiger partial charge on any atom is -0.307 e. The van der Waals surface area contributed by atoms with Crippen LogP contribution in [0, 0.1) is 5.82 Å². The van der Waals surface area contributed by atoms with E-state index < -0.39 is 26.6 Å². The molecule has 156 valence electrons. The highest BCUT2D eigenvalue weighted by Crippen LogP contribution is 2.22. The van der Waals surface area contributed by atoms with Gasteiger partial charge in [-0.1, -0.05) is 44.2 Å². The van der Waals surface area contributed by atoms with E-state index in [2.05, 4.69) is 10.3 Å². The molecule has 3 rings (SSSR count). The molecule has 0 saturated heterocycles. The molecule has 0 aliphatic carbocycles. The van der Waals surface area contributed by atoms with Crippen molar-refractivity contribution in [3.8, 4) is 11.1 Å². The quantitative estimate of drug-likeness (QED) is 0.614. The Hall–Kier alpha value is -3.10. The Bertz CT molecular complexity index is 1130. The molecule has 30 heavy (non-hydrogen) atoms. The fourth-order valence-corrected chi connectivity index (χ4v) is 4.55. The molecule has 0 bridgehead atoms. The first-order valence-electron chi connectivity index (χ1n) is 9.49. The molecule has 0 radical (unpaired) electrons. The van der Waals surface area contributed by atoms with Crippen molar-refractivity contribution >= 4 is 21.7 Å². The predicted octanol–water partition coefficient (Wildman–Crippen LogP) is 4.17. The van der Waals surface area contributed by atoms with E-state index in [-0.39, 0.29) is 18.7 Å². The van der Waals surface area contributed by atoms with Gasteiger partial charge in [0.1, 0.15) is 16.5 Å². The summed E-state index contributed by atoms with van der Waals surface area (Å²) in [6.45, 7) is 3.74. The normalized spacial score (nSPS) is 11.5. The number of aromatic nitrogens is 1. The monoisotopic (exact) mass is 427 g/mol. The van der Waals surface area contributed by atoms with E-state index in [1.165, 1.54) is 6.07 Å². The summed E-state index contributed by atoms with van der Waals surface area (Å²) in [7, 11) is -4.03. The van der Waals surface area contributed by atoms with Crippen LogP contribution in [-0.4, -0.2) is 36.7 Å². The van der Waals surface area contributed by atoms with Gasteiger partial charge in [-0.05, 0) is 35.9 Å². The summed E-state index contributed by atoms with van der Waals surface area (Å²) in [5, 5.41) is 2.61. The number of nitrogens with zero attached hydrogens (tertiary/aromatic N) is 2. The van der Waals surface area contributed by atoms with Gasteiger partial charge >= 0.3 is 0 Å². The van der Waals surface area contributed by atoms with Crippen LogP contribution in [0.25, 0.3) is 11.1 Å². The smallest absolute Gasteiger partial charge is 0.256 e. The van der Waals surface area contributed by atoms with Crippen molar-refractivity contribution in [1.29, 1.82) is 0 Å². The molecule has 2 aromatic carbocycles. The van der Waals surface area contributed by atoms with Crippen molar-refractivity contribution in [1.82, 2.24) is 9.29 Å². The van der Waals surface area contributed by atoms with Crippen LogP contribution in [0.3, 0.4) is 0 Å². The topological polar surface area (TPSA) is 79.4 Å². The van der Waals surface area contributed by atoms with E-state index in [4.69, 9.17) is 0 Å². The first kappa shape index (κ1) is 21.6. The number of amides is 1. The van der Waals surface area contributed by atoms with E-state index in [0.29, 0.717) is 5.82 Å². The lowest BCUT2D eigenvalue weighted by molar-refractivity contribution is 0.102. The molecule has 6 nitrogen and oxygen atoms in total. The van der Waals surface area contributed by atoms with E-state index in [1.54, 1.807) is 26.1 Å². The number of nitrogens with one attached hydrogen (secondary N) is 1. The second-order valence-electron chi connectivity index (χ2n) is 6.49. The molecule has 0 unspecified atom stereocenters. The van der Waals surface area contributed by atoms with Gasteiger partial charge in [0.15, 0.2) is 0 Å². The van der Waals surface area contributed by atoms with Crippen molar-refractivity contribution in [3.05, 3.63) is 78.2 Å². The Morgan fingerprint density at radius 1 is 1.00 bits per heavy atom. The summed E-state index contributed by atoms with van der Waals surface area (Å²) in [5.74, 6) is -1.17. The van der Waals surface area contributed by atoms with Crippen LogP contribution in [0.5, 0.6) is 0 Å². The average Bonchev–Trinajstić information content (AvgIpc) is 2.75. The van der Waals surface area contributed by atoms with Crippen molar-refractivity contribution < 1.29 is 17.6 Å². The molecule has 1 amide bonds. The van der Waals surface area contributed by atoms with E-state index >= 15 is 0 Å². The van der Waals surface area contributed by atoms with E-state index in [1.807, 2.05) is 36.4 Å². The zero-order chi connectivity index (χ0) is 21.7. The van der Waals surface area contributed by atoms with Crippen LogP contribution in [0.1, 0.15) is 24.2 Å². The lowest BCUT2D eigenvalue weighted by atomic mass is 10.1. The molecule has 3 aromatic rings. The minimum absolute atomic E-state index is 0.0241. The van der Waals surface area contributed by atoms with Gasteiger partial charge in [0.05, 0.1) is 0 Å². The number of rotatable bonds is 7. The summed E-state index contributed by atoms with van der Waals surface area (Å²) >= 11 is 0. The van der Waals surface area contributed by atoms with Crippen molar-refractivity contribution in [2.45, 2.75) is 18.7 Å². The zero-order valence-corrected chi connectivity index (χ0v) is 17.5. The molecular weight excluding hydrogens is 405 g/mol. The third-order valence-corrected chi connectivity index (χ3v) is 6.69. The number of hydrogen-bond donors (Lipinski definition) is 1. The molecule has 0 saturated carbocycles. The van der Waals surface area contributed by atoms with E-state index in [9.17, 15) is 17.6 Å². The third-order valence-electron chi connectivity index (χ3n) is 4.63. The maximum atomic E-state index is 14.2. The third kappa shape index (κ3) is 4.55. The molecule has 0 aliphatic rings. The first-order chi connectivity index (χ1) is 14.4. The number of hydrogen-bond acceptors (Lipinski definition) is 4. The van der Waals surface area contributed by atoms with E-state index in [0.717, 1.165) is 27.6 Å². The van der Waals surface area contributed by atoms with Crippen LogP contribution in [-0.2, 0) is 10.0 Å². The number of benzene rings is 2. The zero-order valence-electron chi connectivity index (χ0n) is 16.7. The largest absolute Gasteiger partial charge is 0.307 e. The van der Waals surface area contributed by atoms with Gasteiger partial charge in [0, 0.05) is 30.4 Å². The van der Waals surface area contributed by atoms with Crippen molar-refractivity contribution in [2.24, 2.45) is 0 Å². The van der Waals surface area contributed by atoms with Crippen LogP contribution in [0.15, 0.2) is 71.8 Å². The van der Waals surface area contributed by atoms with Crippen molar-refractivity contribution in [3.63, 3.8) is 0 Å². The van der Waals surface area contributed by atoms with Gasteiger partial charge < -0.3 is 5.32 Å². The van der Waals surface area contributed by atoms with Gasteiger partial charge in [-0.15, -0.1) is 0 Å². The number of carbonyl (C=O) groups is 1. The summed E-state index contributed by atoms with van der Waals surface area (Å²) in [6.07, 6.45) is 1.63. The molecule has 0 aliphatic heterocycles. The first-order valence-corrected chi connectivity index (χ1v) is 10.9. The van der Waals surface area contributed by atoms with Crippen LogP contribution in [0.2, 0.25) is 0 Å². The fraction of sp³-hybridized carbons (Fsp3) is 0.182. The van der Waals surface area contributed by atoms with Gasteiger partial charge in [0.2, 0.25) is 10.0 Å².